The number of nitrogens with one attached hydrogen (secondary N) is 1. The van der Waals surface area contributed by atoms with Crippen LogP contribution in [0.25, 0.3) is 0 Å². The number of likely N-dealkylation sites (N-methyl/N-ethyl adjacent to an activating group) is 1. The zero-order chi connectivity index (χ0) is 17.8. The van der Waals surface area contributed by atoms with Crippen LogP contribution in [0.4, 0.5) is 0 Å². The summed E-state index contributed by atoms with van der Waals surface area (Å²) in [5.41, 5.74) is 4.37. The van der Waals surface area contributed by atoms with E-state index in [1.165, 1.54) is 11.1 Å². The highest BCUT2D eigenvalue weighted by Crippen LogP contribution is 2.24. The van der Waals surface area contributed by atoms with Gasteiger partial charge in [0.15, 0.2) is 0 Å². The maximum atomic E-state index is 12.8. The Hall–Kier alpha value is -2.24. The molecule has 1 aliphatic heterocycles. The number of rotatable bonds is 4. The van der Waals surface area contributed by atoms with Gasteiger partial charge in [0.1, 0.15) is 6.10 Å². The summed E-state index contributed by atoms with van der Waals surface area (Å²) in [6, 6.07) is 9.99. The van der Waals surface area contributed by atoms with Gasteiger partial charge in [0.2, 0.25) is 0 Å². The van der Waals surface area contributed by atoms with E-state index in [2.05, 4.69) is 47.2 Å². The fourth-order valence-corrected chi connectivity index (χ4v) is 3.25. The fraction of sp³-hybridized carbons (Fsp3) is 0.400. The molecule has 25 heavy (non-hydrogen) atoms. The van der Waals surface area contributed by atoms with Crippen LogP contribution in [0.2, 0.25) is 0 Å². The number of hydrogen-bond acceptors (Lipinski definition) is 4. The van der Waals surface area contributed by atoms with E-state index in [4.69, 9.17) is 4.74 Å². The number of carbonyl (C=O) groups excluding carboxylic acids is 1. The van der Waals surface area contributed by atoms with E-state index in [1.807, 2.05) is 19.2 Å². The summed E-state index contributed by atoms with van der Waals surface area (Å²) < 4.78 is 5.66. The Morgan fingerprint density at radius 2 is 2.04 bits per heavy atom. The Morgan fingerprint density at radius 1 is 1.28 bits per heavy atom. The van der Waals surface area contributed by atoms with Crippen molar-refractivity contribution in [2.75, 3.05) is 26.7 Å². The molecule has 0 aliphatic carbocycles. The van der Waals surface area contributed by atoms with Gasteiger partial charge in [-0.15, -0.1) is 0 Å². The van der Waals surface area contributed by atoms with Gasteiger partial charge >= 0.3 is 0 Å². The lowest BCUT2D eigenvalue weighted by Gasteiger charge is -2.30. The van der Waals surface area contributed by atoms with Gasteiger partial charge in [-0.1, -0.05) is 35.4 Å². The van der Waals surface area contributed by atoms with E-state index < -0.39 is 6.10 Å². The van der Waals surface area contributed by atoms with Gasteiger partial charge in [-0.2, -0.15) is 0 Å². The minimum atomic E-state index is -0.441. The van der Waals surface area contributed by atoms with Crippen molar-refractivity contribution in [3.05, 3.63) is 65.0 Å². The molecule has 5 heteroatoms. The van der Waals surface area contributed by atoms with Gasteiger partial charge in [-0.05, 0) is 38.1 Å². The number of carbonyl (C=O) groups is 1. The number of aromatic nitrogens is 1. The summed E-state index contributed by atoms with van der Waals surface area (Å²) in [5, 5.41) is 3.16. The summed E-state index contributed by atoms with van der Waals surface area (Å²) in [7, 11) is 2.01. The van der Waals surface area contributed by atoms with Crippen molar-refractivity contribution in [3.63, 3.8) is 0 Å². The minimum absolute atomic E-state index is 0.0837. The molecule has 1 aromatic carbocycles. The molecule has 0 spiro atoms. The number of benzene rings is 1. The average Bonchev–Trinajstić information content (AvgIpc) is 2.59. The van der Waals surface area contributed by atoms with Crippen LogP contribution < -0.4 is 5.32 Å². The van der Waals surface area contributed by atoms with Crippen LogP contribution in [0.1, 0.15) is 28.3 Å². The molecule has 1 aromatic heterocycles. The highest BCUT2D eigenvalue weighted by atomic mass is 16.5. The Balaban J connectivity index is 1.88. The predicted octanol–water partition coefficient (Wildman–Crippen LogP) is 2.23. The van der Waals surface area contributed by atoms with Crippen molar-refractivity contribution < 1.29 is 9.53 Å². The number of morpholine rings is 1. The van der Waals surface area contributed by atoms with Crippen LogP contribution in [-0.2, 0) is 9.53 Å². The largest absolute Gasteiger partial charge is 0.366 e. The second kappa shape index (κ2) is 7.76. The van der Waals surface area contributed by atoms with Gasteiger partial charge in [0.25, 0.3) is 5.91 Å². The Labute approximate surface area is 149 Å². The van der Waals surface area contributed by atoms with Crippen molar-refractivity contribution in [1.82, 2.24) is 15.2 Å². The smallest absolute Gasteiger partial charge is 0.251 e. The van der Waals surface area contributed by atoms with Gasteiger partial charge < -0.3 is 15.0 Å². The highest BCUT2D eigenvalue weighted by molar-refractivity contribution is 5.82. The number of amides is 1. The summed E-state index contributed by atoms with van der Waals surface area (Å²) >= 11 is 0. The third kappa shape index (κ3) is 4.44. The first-order valence-electron chi connectivity index (χ1n) is 8.61. The van der Waals surface area contributed by atoms with Gasteiger partial charge in [0.05, 0.1) is 12.6 Å². The number of aryl methyl sites for hydroxylation is 2. The maximum Gasteiger partial charge on any atom is 0.251 e. The van der Waals surface area contributed by atoms with Gasteiger partial charge in [-0.3, -0.25) is 9.78 Å². The number of hydrogen-bond donors (Lipinski definition) is 1. The highest BCUT2D eigenvalue weighted by Gasteiger charge is 2.27. The molecule has 0 radical (unpaired) electrons. The average molecular weight is 339 g/mol. The Bertz CT molecular complexity index is 713. The van der Waals surface area contributed by atoms with Crippen LogP contribution in [0.3, 0.4) is 0 Å². The summed E-state index contributed by atoms with van der Waals surface area (Å²) in [6.45, 7) is 6.18. The third-order valence-electron chi connectivity index (χ3n) is 4.44. The standard InChI is InChI=1S/C20H25N3O2/c1-14-9-15(2)11-17(10-14)19(16-5-4-6-21-12-16)22-20(24)18-13-23(3)7-8-25-18/h4-6,9-12,18-19H,7-8,13H2,1-3H3,(H,22,24)/t18-,19+/m1/s1. The molecule has 5 nitrogen and oxygen atoms in total. The Kier molecular flexibility index (Phi) is 5.46. The molecule has 2 atom stereocenters. The molecule has 0 bridgehead atoms. The van der Waals surface area contributed by atoms with E-state index in [0.717, 1.165) is 17.7 Å². The van der Waals surface area contributed by atoms with Crippen molar-refractivity contribution in [3.8, 4) is 0 Å². The van der Waals surface area contributed by atoms with Gasteiger partial charge in [-0.25, -0.2) is 0 Å². The first-order valence-corrected chi connectivity index (χ1v) is 8.61. The maximum absolute atomic E-state index is 12.8. The molecule has 1 saturated heterocycles. The van der Waals surface area contributed by atoms with Crippen molar-refractivity contribution in [2.45, 2.75) is 26.0 Å². The van der Waals surface area contributed by atoms with E-state index in [-0.39, 0.29) is 11.9 Å². The van der Waals surface area contributed by atoms with Crippen LogP contribution >= 0.6 is 0 Å². The molecular weight excluding hydrogens is 314 g/mol. The Morgan fingerprint density at radius 3 is 2.68 bits per heavy atom. The molecule has 0 saturated carbocycles. The third-order valence-corrected chi connectivity index (χ3v) is 4.44. The quantitative estimate of drug-likeness (QED) is 0.928. The normalized spacial score (nSPS) is 19.4. The monoisotopic (exact) mass is 339 g/mol. The summed E-state index contributed by atoms with van der Waals surface area (Å²) in [5.74, 6) is -0.0837. The first-order chi connectivity index (χ1) is 12.0. The summed E-state index contributed by atoms with van der Waals surface area (Å²) in [4.78, 5) is 19.1. The van der Waals surface area contributed by atoms with Crippen LogP contribution in [-0.4, -0.2) is 48.6 Å². The second-order valence-corrected chi connectivity index (χ2v) is 6.77. The SMILES string of the molecule is Cc1cc(C)cc([C@@H](NC(=O)[C@H]2CN(C)CCO2)c2cccnc2)c1. The summed E-state index contributed by atoms with van der Waals surface area (Å²) in [6.07, 6.45) is 3.10. The molecule has 1 aliphatic rings. The molecule has 132 valence electrons. The topological polar surface area (TPSA) is 54.5 Å². The van der Waals surface area contributed by atoms with Crippen molar-refractivity contribution >= 4 is 5.91 Å². The second-order valence-electron chi connectivity index (χ2n) is 6.77. The van der Waals surface area contributed by atoms with E-state index in [0.29, 0.717) is 13.2 Å². The van der Waals surface area contributed by atoms with Crippen LogP contribution in [0, 0.1) is 13.8 Å². The number of ether oxygens (including phenoxy) is 1. The zero-order valence-corrected chi connectivity index (χ0v) is 15.0. The molecule has 1 N–H and O–H groups in total. The first kappa shape index (κ1) is 17.6. The molecular formula is C20H25N3O2. The number of pyridine rings is 1. The molecule has 2 heterocycles. The molecule has 3 rings (SSSR count). The van der Waals surface area contributed by atoms with Crippen LogP contribution in [0.15, 0.2) is 42.7 Å². The lowest BCUT2D eigenvalue weighted by Crippen LogP contribution is -2.49. The van der Waals surface area contributed by atoms with E-state index in [9.17, 15) is 4.79 Å². The zero-order valence-electron chi connectivity index (χ0n) is 15.0. The fourth-order valence-electron chi connectivity index (χ4n) is 3.25. The lowest BCUT2D eigenvalue weighted by molar-refractivity contribution is -0.138. The minimum Gasteiger partial charge on any atom is -0.366 e. The molecule has 1 amide bonds. The molecule has 1 fully saturated rings. The number of nitrogens with zero attached hydrogens (tertiary/aromatic N) is 2. The lowest BCUT2D eigenvalue weighted by atomic mass is 9.96. The van der Waals surface area contributed by atoms with Gasteiger partial charge in [0, 0.05) is 25.5 Å². The van der Waals surface area contributed by atoms with Crippen molar-refractivity contribution in [2.24, 2.45) is 0 Å². The van der Waals surface area contributed by atoms with Crippen LogP contribution in [0.5, 0.6) is 0 Å². The molecule has 0 unspecified atom stereocenters. The van der Waals surface area contributed by atoms with E-state index >= 15 is 0 Å². The van der Waals surface area contributed by atoms with Crippen molar-refractivity contribution in [1.29, 1.82) is 0 Å². The molecule has 2 aromatic rings. The predicted molar refractivity (Wildman–Crippen MR) is 97.4 cm³/mol. The van der Waals surface area contributed by atoms with E-state index in [1.54, 1.807) is 12.4 Å².